The molecule has 0 aromatic heterocycles. The van der Waals surface area contributed by atoms with Crippen molar-refractivity contribution in [3.63, 3.8) is 0 Å². The van der Waals surface area contributed by atoms with Gasteiger partial charge in [-0.1, -0.05) is 5.92 Å². The monoisotopic (exact) mass is 236 g/mol. The van der Waals surface area contributed by atoms with Gasteiger partial charge >= 0.3 is 11.9 Å². The van der Waals surface area contributed by atoms with Crippen LogP contribution in [0.25, 0.3) is 0 Å². The van der Waals surface area contributed by atoms with Crippen LogP contribution < -0.4 is 0 Å². The lowest BCUT2D eigenvalue weighted by molar-refractivity contribution is -0.136. The molecule has 1 rings (SSSR count). The predicted octanol–water partition coefficient (Wildman–Crippen LogP) is 1.44. The molecular formula is C12H9FO4. The number of carbonyl (C=O) groups is 2. The Balaban J connectivity index is 3.01. The zero-order valence-corrected chi connectivity index (χ0v) is 8.99. The molecule has 0 fully saturated rings. The summed E-state index contributed by atoms with van der Waals surface area (Å²) in [7, 11) is 0. The second-order valence-corrected chi connectivity index (χ2v) is 2.97. The number of benzene rings is 1. The summed E-state index contributed by atoms with van der Waals surface area (Å²) in [6, 6.07) is 3.16. The summed E-state index contributed by atoms with van der Waals surface area (Å²) in [4.78, 5) is 21.6. The topological polar surface area (TPSA) is 63.6 Å². The van der Waals surface area contributed by atoms with E-state index in [9.17, 15) is 14.0 Å². The molecule has 0 heterocycles. The van der Waals surface area contributed by atoms with Gasteiger partial charge in [-0.15, -0.1) is 0 Å². The normalized spacial score (nSPS) is 9.06. The maximum Gasteiger partial charge on any atom is 0.384 e. The van der Waals surface area contributed by atoms with Crippen LogP contribution in [-0.2, 0) is 9.53 Å². The number of esters is 1. The van der Waals surface area contributed by atoms with Gasteiger partial charge in [0, 0.05) is 5.92 Å². The zero-order chi connectivity index (χ0) is 12.8. The molecule has 0 spiro atoms. The van der Waals surface area contributed by atoms with Crippen molar-refractivity contribution in [2.75, 3.05) is 6.61 Å². The molecule has 4 nitrogen and oxygen atoms in total. The van der Waals surface area contributed by atoms with E-state index in [1.165, 1.54) is 0 Å². The van der Waals surface area contributed by atoms with Gasteiger partial charge in [0.05, 0.1) is 17.7 Å². The highest BCUT2D eigenvalue weighted by atomic mass is 19.1. The van der Waals surface area contributed by atoms with Gasteiger partial charge in [0.25, 0.3) is 0 Å². The van der Waals surface area contributed by atoms with E-state index in [2.05, 4.69) is 16.6 Å². The minimum Gasteiger partial charge on any atom is -0.478 e. The molecule has 0 atom stereocenters. The Morgan fingerprint density at radius 3 is 2.76 bits per heavy atom. The number of carboxylic acid groups (broad SMARTS) is 1. The Morgan fingerprint density at radius 2 is 2.18 bits per heavy atom. The van der Waals surface area contributed by atoms with Crippen LogP contribution in [0.1, 0.15) is 22.8 Å². The Hall–Kier alpha value is -2.35. The maximum absolute atomic E-state index is 13.2. The molecule has 0 aliphatic rings. The molecular weight excluding hydrogens is 227 g/mol. The fourth-order valence-electron chi connectivity index (χ4n) is 1.04. The molecule has 0 radical (unpaired) electrons. The van der Waals surface area contributed by atoms with Crippen LogP contribution in [0, 0.1) is 17.7 Å². The van der Waals surface area contributed by atoms with Crippen molar-refractivity contribution in [3.05, 3.63) is 35.1 Å². The van der Waals surface area contributed by atoms with Gasteiger partial charge in [-0.05, 0) is 25.1 Å². The minimum absolute atomic E-state index is 0.0976. The zero-order valence-electron chi connectivity index (χ0n) is 8.99. The number of carbonyl (C=O) groups excluding carboxylic acids is 1. The van der Waals surface area contributed by atoms with Crippen molar-refractivity contribution < 1.29 is 23.8 Å². The van der Waals surface area contributed by atoms with Gasteiger partial charge in [-0.25, -0.2) is 14.0 Å². The van der Waals surface area contributed by atoms with E-state index in [4.69, 9.17) is 5.11 Å². The number of hydrogen-bond acceptors (Lipinski definition) is 3. The first-order chi connectivity index (χ1) is 8.04. The first kappa shape index (κ1) is 12.7. The average molecular weight is 236 g/mol. The molecule has 1 aromatic carbocycles. The quantitative estimate of drug-likeness (QED) is 0.623. The lowest BCUT2D eigenvalue weighted by Gasteiger charge is -1.97. The molecule has 0 bridgehead atoms. The Labute approximate surface area is 97.0 Å². The number of hydrogen-bond donors (Lipinski definition) is 1. The highest BCUT2D eigenvalue weighted by Gasteiger charge is 2.06. The van der Waals surface area contributed by atoms with Crippen molar-refractivity contribution in [1.29, 1.82) is 0 Å². The van der Waals surface area contributed by atoms with E-state index in [-0.39, 0.29) is 17.7 Å². The molecule has 0 unspecified atom stereocenters. The largest absolute Gasteiger partial charge is 0.478 e. The summed E-state index contributed by atoms with van der Waals surface area (Å²) in [6.45, 7) is 1.79. The summed E-state index contributed by atoms with van der Waals surface area (Å²) in [5.41, 5.74) is -0.252. The van der Waals surface area contributed by atoms with Crippen molar-refractivity contribution in [2.45, 2.75) is 6.92 Å². The first-order valence-electron chi connectivity index (χ1n) is 4.76. The molecule has 0 aliphatic heterocycles. The number of aromatic carboxylic acids is 1. The van der Waals surface area contributed by atoms with Gasteiger partial charge in [0.1, 0.15) is 5.82 Å². The number of carboxylic acids is 1. The molecule has 17 heavy (non-hydrogen) atoms. The van der Waals surface area contributed by atoms with Gasteiger partial charge < -0.3 is 9.84 Å². The van der Waals surface area contributed by atoms with Crippen molar-refractivity contribution >= 4 is 11.9 Å². The minimum atomic E-state index is -1.19. The summed E-state index contributed by atoms with van der Waals surface area (Å²) in [5.74, 6) is 1.63. The lowest BCUT2D eigenvalue weighted by atomic mass is 10.1. The maximum atomic E-state index is 13.2. The van der Waals surface area contributed by atoms with Crippen LogP contribution in [0.3, 0.4) is 0 Å². The molecule has 0 aliphatic carbocycles. The summed E-state index contributed by atoms with van der Waals surface area (Å²) < 4.78 is 17.8. The van der Waals surface area contributed by atoms with E-state index < -0.39 is 17.8 Å². The van der Waals surface area contributed by atoms with Crippen LogP contribution >= 0.6 is 0 Å². The van der Waals surface area contributed by atoms with Gasteiger partial charge in [0.15, 0.2) is 0 Å². The molecule has 0 amide bonds. The van der Waals surface area contributed by atoms with Crippen molar-refractivity contribution in [1.82, 2.24) is 0 Å². The van der Waals surface area contributed by atoms with E-state index in [0.29, 0.717) is 0 Å². The van der Waals surface area contributed by atoms with Gasteiger partial charge in [-0.2, -0.15) is 0 Å². The van der Waals surface area contributed by atoms with Gasteiger partial charge in [0.2, 0.25) is 0 Å². The fourth-order valence-corrected chi connectivity index (χ4v) is 1.04. The highest BCUT2D eigenvalue weighted by Crippen LogP contribution is 2.09. The van der Waals surface area contributed by atoms with Crippen LogP contribution in [-0.4, -0.2) is 23.7 Å². The summed E-state index contributed by atoms with van der Waals surface area (Å²) in [5, 5.41) is 8.70. The third kappa shape index (κ3) is 3.61. The van der Waals surface area contributed by atoms with E-state index >= 15 is 0 Å². The Morgan fingerprint density at radius 1 is 1.47 bits per heavy atom. The molecule has 5 heteroatoms. The van der Waals surface area contributed by atoms with Gasteiger partial charge in [-0.3, -0.25) is 0 Å². The van der Waals surface area contributed by atoms with E-state index in [0.717, 1.165) is 18.2 Å². The molecule has 88 valence electrons. The standard InChI is InChI=1S/C12H9FO4/c1-2-17-11(14)6-4-8-7-9(12(15)16)3-5-10(8)13/h3,5,7H,2H2,1H3,(H,15,16). The first-order valence-corrected chi connectivity index (χ1v) is 4.76. The number of ether oxygens (including phenoxy) is 1. The van der Waals surface area contributed by atoms with Crippen LogP contribution in [0.15, 0.2) is 18.2 Å². The Kier molecular flexibility index (Phi) is 4.23. The lowest BCUT2D eigenvalue weighted by Crippen LogP contribution is -2.01. The molecule has 1 aromatic rings. The smallest absolute Gasteiger partial charge is 0.384 e. The molecule has 1 N–H and O–H groups in total. The fraction of sp³-hybridized carbons (Fsp3) is 0.167. The van der Waals surface area contributed by atoms with E-state index in [1.54, 1.807) is 6.92 Å². The SMILES string of the molecule is CCOC(=O)C#Cc1cc(C(=O)O)ccc1F. The number of halogens is 1. The van der Waals surface area contributed by atoms with Crippen LogP contribution in [0.5, 0.6) is 0 Å². The van der Waals surface area contributed by atoms with E-state index in [1.807, 2.05) is 0 Å². The summed E-state index contributed by atoms with van der Waals surface area (Å²) >= 11 is 0. The third-order valence-corrected chi connectivity index (χ3v) is 1.79. The average Bonchev–Trinajstić information content (AvgIpc) is 2.28. The van der Waals surface area contributed by atoms with Crippen LogP contribution in [0.2, 0.25) is 0 Å². The molecule has 0 saturated heterocycles. The second-order valence-electron chi connectivity index (χ2n) is 2.97. The van der Waals surface area contributed by atoms with Crippen LogP contribution in [0.4, 0.5) is 4.39 Å². The molecule has 0 saturated carbocycles. The highest BCUT2D eigenvalue weighted by molar-refractivity contribution is 5.90. The Bertz CT molecular complexity index is 511. The summed E-state index contributed by atoms with van der Waals surface area (Å²) in [6.07, 6.45) is 0. The van der Waals surface area contributed by atoms with Crippen molar-refractivity contribution in [2.24, 2.45) is 0 Å². The third-order valence-electron chi connectivity index (χ3n) is 1.79. The predicted molar refractivity (Wildman–Crippen MR) is 56.9 cm³/mol. The second kappa shape index (κ2) is 5.66. The van der Waals surface area contributed by atoms with Crippen molar-refractivity contribution in [3.8, 4) is 11.8 Å². The number of rotatable bonds is 2.